The van der Waals surface area contributed by atoms with Crippen LogP contribution in [0.25, 0.3) is 11.5 Å². The van der Waals surface area contributed by atoms with Crippen molar-refractivity contribution in [1.29, 1.82) is 0 Å². The summed E-state index contributed by atoms with van der Waals surface area (Å²) in [4.78, 5) is 12.7. The Hall–Kier alpha value is -3.82. The lowest BCUT2D eigenvalue weighted by Gasteiger charge is -2.09. The standard InChI is InChI=1S/C17H17N9O/c1-3-13-11(2)16(26(22-13)12-7-5-4-6-8-12)19-17(27)14-9-15(21-20-14)25-10-18-23-24-25/h4-10H,3H2,1-2H3,(H,19,27)(H,20,21). The fraction of sp³-hybridized carbons (Fsp3) is 0.176. The van der Waals surface area contributed by atoms with Crippen molar-refractivity contribution < 1.29 is 4.79 Å². The number of hydrogen-bond acceptors (Lipinski definition) is 6. The largest absolute Gasteiger partial charge is 0.305 e. The molecule has 0 saturated heterocycles. The van der Waals surface area contributed by atoms with Gasteiger partial charge in [0.2, 0.25) is 0 Å². The molecular weight excluding hydrogens is 346 g/mol. The average Bonchev–Trinajstić information content (AvgIpc) is 3.43. The molecule has 0 bridgehead atoms. The van der Waals surface area contributed by atoms with Gasteiger partial charge in [0.15, 0.2) is 5.82 Å². The topological polar surface area (TPSA) is 119 Å². The number of para-hydroxylation sites is 1. The third kappa shape index (κ3) is 3.08. The van der Waals surface area contributed by atoms with Gasteiger partial charge in [-0.15, -0.1) is 5.10 Å². The van der Waals surface area contributed by atoms with Crippen LogP contribution < -0.4 is 5.32 Å². The average molecular weight is 363 g/mol. The molecular formula is C17H17N9O. The number of nitrogens with zero attached hydrogens (tertiary/aromatic N) is 7. The number of rotatable bonds is 5. The van der Waals surface area contributed by atoms with Crippen LogP contribution in [0.4, 0.5) is 5.82 Å². The van der Waals surface area contributed by atoms with Crippen molar-refractivity contribution in [1.82, 2.24) is 40.2 Å². The number of aromatic nitrogens is 8. The van der Waals surface area contributed by atoms with E-state index in [1.165, 1.54) is 11.0 Å². The molecule has 27 heavy (non-hydrogen) atoms. The van der Waals surface area contributed by atoms with Gasteiger partial charge in [0.25, 0.3) is 5.91 Å². The Morgan fingerprint density at radius 3 is 2.78 bits per heavy atom. The highest BCUT2D eigenvalue weighted by molar-refractivity contribution is 6.03. The Balaban J connectivity index is 1.66. The van der Waals surface area contributed by atoms with Crippen molar-refractivity contribution in [2.45, 2.75) is 20.3 Å². The molecule has 4 rings (SSSR count). The lowest BCUT2D eigenvalue weighted by molar-refractivity contribution is 0.102. The van der Waals surface area contributed by atoms with Gasteiger partial charge in [-0.1, -0.05) is 25.1 Å². The molecule has 0 aliphatic carbocycles. The molecule has 136 valence electrons. The van der Waals surface area contributed by atoms with Crippen LogP contribution in [0.3, 0.4) is 0 Å². The first-order chi connectivity index (χ1) is 13.2. The Bertz CT molecular complexity index is 1060. The summed E-state index contributed by atoms with van der Waals surface area (Å²) >= 11 is 0. The molecule has 0 radical (unpaired) electrons. The maximum Gasteiger partial charge on any atom is 0.274 e. The first-order valence-corrected chi connectivity index (χ1v) is 8.41. The van der Waals surface area contributed by atoms with E-state index in [2.05, 4.69) is 36.1 Å². The van der Waals surface area contributed by atoms with Crippen molar-refractivity contribution in [3.05, 3.63) is 59.7 Å². The van der Waals surface area contributed by atoms with Gasteiger partial charge < -0.3 is 5.32 Å². The Kier molecular flexibility index (Phi) is 4.21. The number of amides is 1. The zero-order chi connectivity index (χ0) is 18.8. The molecule has 2 N–H and O–H groups in total. The third-order valence-electron chi connectivity index (χ3n) is 4.18. The summed E-state index contributed by atoms with van der Waals surface area (Å²) in [6.45, 7) is 3.98. The van der Waals surface area contributed by atoms with Crippen LogP contribution in [0, 0.1) is 6.92 Å². The maximum absolute atomic E-state index is 12.7. The molecule has 10 nitrogen and oxygen atoms in total. The molecule has 1 aromatic carbocycles. The fourth-order valence-electron chi connectivity index (χ4n) is 2.77. The van der Waals surface area contributed by atoms with Gasteiger partial charge in [0.05, 0.1) is 11.4 Å². The normalized spacial score (nSPS) is 10.9. The number of aromatic amines is 1. The summed E-state index contributed by atoms with van der Waals surface area (Å²) in [6, 6.07) is 11.2. The molecule has 3 aromatic heterocycles. The number of benzene rings is 1. The van der Waals surface area contributed by atoms with Crippen molar-refractivity contribution in [2.75, 3.05) is 5.32 Å². The van der Waals surface area contributed by atoms with Gasteiger partial charge in [-0.05, 0) is 35.9 Å². The second kappa shape index (κ2) is 6.83. The van der Waals surface area contributed by atoms with E-state index in [4.69, 9.17) is 0 Å². The molecule has 4 aromatic rings. The van der Waals surface area contributed by atoms with Gasteiger partial charge in [0, 0.05) is 11.6 Å². The Labute approximate surface area is 154 Å². The van der Waals surface area contributed by atoms with E-state index in [9.17, 15) is 4.79 Å². The number of hydrogen-bond donors (Lipinski definition) is 2. The number of aryl methyl sites for hydroxylation is 1. The molecule has 0 saturated carbocycles. The number of tetrazole rings is 1. The van der Waals surface area contributed by atoms with Crippen LogP contribution in [0.2, 0.25) is 0 Å². The maximum atomic E-state index is 12.7. The van der Waals surface area contributed by atoms with Gasteiger partial charge in [-0.3, -0.25) is 9.89 Å². The van der Waals surface area contributed by atoms with Crippen molar-refractivity contribution in [3.8, 4) is 11.5 Å². The second-order valence-electron chi connectivity index (χ2n) is 5.87. The molecule has 0 aliphatic rings. The van der Waals surface area contributed by atoms with Crippen molar-refractivity contribution >= 4 is 11.7 Å². The summed E-state index contributed by atoms with van der Waals surface area (Å²) in [5.74, 6) is 0.721. The smallest absolute Gasteiger partial charge is 0.274 e. The van der Waals surface area contributed by atoms with E-state index in [0.717, 1.165) is 23.4 Å². The Morgan fingerprint density at radius 2 is 2.07 bits per heavy atom. The summed E-state index contributed by atoms with van der Waals surface area (Å²) in [5.41, 5.74) is 3.01. The van der Waals surface area contributed by atoms with Crippen LogP contribution in [-0.4, -0.2) is 46.1 Å². The van der Waals surface area contributed by atoms with Crippen LogP contribution in [-0.2, 0) is 6.42 Å². The van der Waals surface area contributed by atoms with Crippen LogP contribution in [0.1, 0.15) is 28.7 Å². The SMILES string of the molecule is CCc1nn(-c2ccccc2)c(NC(=O)c2cc(-n3cnnn3)n[nH]2)c1C. The van der Waals surface area contributed by atoms with Gasteiger partial charge >= 0.3 is 0 Å². The number of carbonyl (C=O) groups excluding carboxylic acids is 1. The summed E-state index contributed by atoms with van der Waals surface area (Å²) < 4.78 is 3.10. The highest BCUT2D eigenvalue weighted by atomic mass is 16.2. The quantitative estimate of drug-likeness (QED) is 0.557. The molecule has 10 heteroatoms. The summed E-state index contributed by atoms with van der Waals surface area (Å²) in [6.07, 6.45) is 2.17. The zero-order valence-electron chi connectivity index (χ0n) is 14.8. The van der Waals surface area contributed by atoms with Crippen LogP contribution in [0.15, 0.2) is 42.7 Å². The highest BCUT2D eigenvalue weighted by Gasteiger charge is 2.19. The van der Waals surface area contributed by atoms with E-state index in [-0.39, 0.29) is 5.91 Å². The minimum absolute atomic E-state index is 0.291. The number of anilines is 1. The second-order valence-corrected chi connectivity index (χ2v) is 5.87. The third-order valence-corrected chi connectivity index (χ3v) is 4.18. The van der Waals surface area contributed by atoms with Crippen molar-refractivity contribution in [2.24, 2.45) is 0 Å². The van der Waals surface area contributed by atoms with Crippen molar-refractivity contribution in [3.63, 3.8) is 0 Å². The summed E-state index contributed by atoms with van der Waals surface area (Å²) in [5, 5.41) is 25.2. The number of H-pyrrole nitrogens is 1. The first-order valence-electron chi connectivity index (χ1n) is 8.41. The molecule has 0 aliphatic heterocycles. The van der Waals surface area contributed by atoms with E-state index in [1.54, 1.807) is 10.7 Å². The fourth-order valence-corrected chi connectivity index (χ4v) is 2.77. The van der Waals surface area contributed by atoms with Gasteiger partial charge in [-0.25, -0.2) is 4.68 Å². The van der Waals surface area contributed by atoms with Crippen LogP contribution >= 0.6 is 0 Å². The van der Waals surface area contributed by atoms with E-state index in [0.29, 0.717) is 17.3 Å². The van der Waals surface area contributed by atoms with Crippen LogP contribution in [0.5, 0.6) is 0 Å². The molecule has 0 unspecified atom stereocenters. The minimum Gasteiger partial charge on any atom is -0.305 e. The molecule has 0 fully saturated rings. The summed E-state index contributed by atoms with van der Waals surface area (Å²) in [7, 11) is 0. The lowest BCUT2D eigenvalue weighted by Crippen LogP contribution is -2.16. The molecule has 0 atom stereocenters. The lowest BCUT2D eigenvalue weighted by atomic mass is 10.2. The number of carbonyl (C=O) groups is 1. The first kappa shape index (κ1) is 16.6. The van der Waals surface area contributed by atoms with E-state index >= 15 is 0 Å². The van der Waals surface area contributed by atoms with E-state index in [1.807, 2.05) is 44.2 Å². The highest BCUT2D eigenvalue weighted by Crippen LogP contribution is 2.24. The minimum atomic E-state index is -0.329. The van der Waals surface area contributed by atoms with Gasteiger partial charge in [-0.2, -0.15) is 14.9 Å². The number of nitrogens with one attached hydrogen (secondary N) is 2. The molecule has 0 spiro atoms. The van der Waals surface area contributed by atoms with E-state index < -0.39 is 0 Å². The zero-order valence-corrected chi connectivity index (χ0v) is 14.8. The predicted octanol–water partition coefficient (Wildman–Crippen LogP) is 1.69. The Morgan fingerprint density at radius 1 is 1.26 bits per heavy atom. The predicted molar refractivity (Wildman–Crippen MR) is 96.9 cm³/mol. The van der Waals surface area contributed by atoms with Gasteiger partial charge in [0.1, 0.15) is 17.8 Å². The monoisotopic (exact) mass is 363 g/mol. The molecule has 3 heterocycles. The molecule has 1 amide bonds.